The molecule has 0 spiro atoms. The van der Waals surface area contributed by atoms with E-state index >= 15 is 0 Å². The minimum atomic E-state index is 0.0897. The number of nitrogen functional groups attached to an aromatic ring is 1. The van der Waals surface area contributed by atoms with E-state index in [1.54, 1.807) is 18.2 Å². The lowest BCUT2D eigenvalue weighted by atomic mass is 10.2. The predicted molar refractivity (Wildman–Crippen MR) is 65.1 cm³/mol. The summed E-state index contributed by atoms with van der Waals surface area (Å²) in [6.07, 6.45) is 1.41. The minimum absolute atomic E-state index is 0.0897. The zero-order valence-electron chi connectivity index (χ0n) is 8.55. The lowest BCUT2D eigenvalue weighted by Gasteiger charge is -2.07. The van der Waals surface area contributed by atoms with E-state index in [0.717, 1.165) is 4.47 Å². The number of halogens is 1. The second kappa shape index (κ2) is 4.28. The largest absolute Gasteiger partial charge is 0.397 e. The molecule has 5 nitrogen and oxygen atoms in total. The summed E-state index contributed by atoms with van der Waals surface area (Å²) < 4.78 is 2.33. The average molecular weight is 288 g/mol. The highest BCUT2D eigenvalue weighted by Crippen LogP contribution is 2.24. The van der Waals surface area contributed by atoms with Gasteiger partial charge < -0.3 is 5.73 Å². The van der Waals surface area contributed by atoms with Crippen LogP contribution in [0.1, 0.15) is 11.4 Å². The van der Waals surface area contributed by atoms with Gasteiger partial charge in [-0.3, -0.25) is 4.57 Å². The molecule has 0 aliphatic heterocycles. The van der Waals surface area contributed by atoms with Crippen molar-refractivity contribution >= 4 is 21.6 Å². The maximum atomic E-state index is 9.03. The maximum Gasteiger partial charge on any atom is 0.177 e. The van der Waals surface area contributed by atoms with E-state index in [9.17, 15) is 0 Å². The van der Waals surface area contributed by atoms with Gasteiger partial charge in [-0.25, -0.2) is 4.98 Å². The van der Waals surface area contributed by atoms with Crippen LogP contribution in [0.15, 0.2) is 29.0 Å². The van der Waals surface area contributed by atoms with Crippen molar-refractivity contribution in [3.05, 3.63) is 40.4 Å². The van der Waals surface area contributed by atoms with Crippen molar-refractivity contribution in [1.29, 1.82) is 10.5 Å². The Labute approximate surface area is 106 Å². The second-order valence-electron chi connectivity index (χ2n) is 3.24. The average Bonchev–Trinajstić information content (AvgIpc) is 2.74. The monoisotopic (exact) mass is 287 g/mol. The standard InChI is InChI=1S/C11H6BrN5/c12-7-1-2-8(15)10(3-7)17-6-16-9(4-13)11(17)5-14/h1-3,6H,15H2. The number of anilines is 1. The molecule has 82 valence electrons. The van der Waals surface area contributed by atoms with Crippen molar-refractivity contribution in [3.63, 3.8) is 0 Å². The third-order valence-corrected chi connectivity index (χ3v) is 2.72. The molecule has 17 heavy (non-hydrogen) atoms. The fraction of sp³-hybridized carbons (Fsp3) is 0. The molecule has 1 aromatic heterocycles. The zero-order valence-corrected chi connectivity index (χ0v) is 10.1. The number of benzene rings is 1. The van der Waals surface area contributed by atoms with Gasteiger partial charge in [0.2, 0.25) is 0 Å². The van der Waals surface area contributed by atoms with Gasteiger partial charge in [-0.2, -0.15) is 10.5 Å². The highest BCUT2D eigenvalue weighted by atomic mass is 79.9. The first kappa shape index (κ1) is 11.2. The molecule has 2 N–H and O–H groups in total. The van der Waals surface area contributed by atoms with Crippen molar-refractivity contribution in [2.75, 3.05) is 5.73 Å². The number of hydrogen-bond donors (Lipinski definition) is 1. The molecular weight excluding hydrogens is 282 g/mol. The van der Waals surface area contributed by atoms with Gasteiger partial charge in [0.15, 0.2) is 11.4 Å². The van der Waals surface area contributed by atoms with Crippen molar-refractivity contribution in [3.8, 4) is 17.8 Å². The number of aromatic nitrogens is 2. The van der Waals surface area contributed by atoms with Crippen molar-refractivity contribution in [2.45, 2.75) is 0 Å². The first-order valence-electron chi connectivity index (χ1n) is 4.60. The van der Waals surface area contributed by atoms with Gasteiger partial charge in [0.25, 0.3) is 0 Å². The van der Waals surface area contributed by atoms with Crippen LogP contribution in [0.25, 0.3) is 5.69 Å². The SMILES string of the molecule is N#Cc1ncn(-c2cc(Br)ccc2N)c1C#N. The molecule has 0 saturated carbocycles. The highest BCUT2D eigenvalue weighted by Gasteiger charge is 2.13. The minimum Gasteiger partial charge on any atom is -0.397 e. The summed E-state index contributed by atoms with van der Waals surface area (Å²) in [6.45, 7) is 0. The summed E-state index contributed by atoms with van der Waals surface area (Å²) in [7, 11) is 0. The Hall–Kier alpha value is -2.31. The van der Waals surface area contributed by atoms with Crippen LogP contribution in [-0.2, 0) is 0 Å². The summed E-state index contributed by atoms with van der Waals surface area (Å²) in [5.41, 5.74) is 7.22. The molecule has 0 atom stereocenters. The molecular formula is C11H6BrN5. The van der Waals surface area contributed by atoms with E-state index in [4.69, 9.17) is 16.3 Å². The molecule has 0 fully saturated rings. The highest BCUT2D eigenvalue weighted by molar-refractivity contribution is 9.10. The van der Waals surface area contributed by atoms with Crippen LogP contribution in [-0.4, -0.2) is 9.55 Å². The Kier molecular flexibility index (Phi) is 2.82. The maximum absolute atomic E-state index is 9.03. The van der Waals surface area contributed by atoms with E-state index < -0.39 is 0 Å². The van der Waals surface area contributed by atoms with Crippen LogP contribution >= 0.6 is 15.9 Å². The fourth-order valence-corrected chi connectivity index (χ4v) is 1.79. The molecule has 0 aliphatic carbocycles. The lowest BCUT2D eigenvalue weighted by Crippen LogP contribution is -2.01. The van der Waals surface area contributed by atoms with E-state index in [1.165, 1.54) is 10.9 Å². The van der Waals surface area contributed by atoms with Crippen molar-refractivity contribution in [2.24, 2.45) is 0 Å². The summed E-state index contributed by atoms with van der Waals surface area (Å²) in [5, 5.41) is 17.8. The van der Waals surface area contributed by atoms with Crippen LogP contribution in [0.4, 0.5) is 5.69 Å². The number of nitrogens with zero attached hydrogens (tertiary/aromatic N) is 4. The number of rotatable bonds is 1. The molecule has 0 bridgehead atoms. The first-order valence-corrected chi connectivity index (χ1v) is 5.39. The molecule has 6 heteroatoms. The summed E-state index contributed by atoms with van der Waals surface area (Å²) in [6, 6.07) is 9.09. The van der Waals surface area contributed by atoms with E-state index in [-0.39, 0.29) is 11.4 Å². The number of nitrogens with two attached hydrogens (primary N) is 1. The Morgan fingerprint density at radius 3 is 2.71 bits per heavy atom. The Bertz CT molecular complexity index is 659. The molecule has 0 aliphatic rings. The Morgan fingerprint density at radius 1 is 1.29 bits per heavy atom. The van der Waals surface area contributed by atoms with Gasteiger partial charge in [0, 0.05) is 4.47 Å². The molecule has 2 aromatic rings. The van der Waals surface area contributed by atoms with Crippen LogP contribution in [0.3, 0.4) is 0 Å². The van der Waals surface area contributed by atoms with Crippen LogP contribution in [0, 0.1) is 22.7 Å². The summed E-state index contributed by atoms with van der Waals surface area (Å²) in [4.78, 5) is 3.86. The van der Waals surface area contributed by atoms with E-state index in [0.29, 0.717) is 11.4 Å². The van der Waals surface area contributed by atoms with Crippen LogP contribution < -0.4 is 5.73 Å². The number of nitriles is 2. The van der Waals surface area contributed by atoms with Crippen LogP contribution in [0.5, 0.6) is 0 Å². The third kappa shape index (κ3) is 1.86. The third-order valence-electron chi connectivity index (χ3n) is 2.23. The second-order valence-corrected chi connectivity index (χ2v) is 4.15. The molecule has 0 saturated heterocycles. The smallest absolute Gasteiger partial charge is 0.177 e. The molecule has 0 unspecified atom stereocenters. The molecule has 0 radical (unpaired) electrons. The van der Waals surface area contributed by atoms with Crippen molar-refractivity contribution in [1.82, 2.24) is 9.55 Å². The quantitative estimate of drug-likeness (QED) is 0.812. The Balaban J connectivity index is 2.70. The van der Waals surface area contributed by atoms with Gasteiger partial charge in [0.1, 0.15) is 18.5 Å². The van der Waals surface area contributed by atoms with E-state index in [1.807, 2.05) is 12.1 Å². The van der Waals surface area contributed by atoms with Gasteiger partial charge in [-0.1, -0.05) is 15.9 Å². The number of hydrogen-bond acceptors (Lipinski definition) is 4. The topological polar surface area (TPSA) is 91.4 Å². The molecule has 1 heterocycles. The fourth-order valence-electron chi connectivity index (χ4n) is 1.45. The molecule has 1 aromatic carbocycles. The van der Waals surface area contributed by atoms with E-state index in [2.05, 4.69) is 20.9 Å². The zero-order chi connectivity index (χ0) is 12.4. The summed E-state index contributed by atoms with van der Waals surface area (Å²) >= 11 is 3.33. The van der Waals surface area contributed by atoms with Gasteiger partial charge in [0.05, 0.1) is 11.4 Å². The predicted octanol–water partition coefficient (Wildman–Crippen LogP) is 1.96. The lowest BCUT2D eigenvalue weighted by molar-refractivity contribution is 1.04. The molecule has 2 rings (SSSR count). The molecule has 0 amide bonds. The summed E-state index contributed by atoms with van der Waals surface area (Å²) in [5.74, 6) is 0. The van der Waals surface area contributed by atoms with Crippen LogP contribution in [0.2, 0.25) is 0 Å². The van der Waals surface area contributed by atoms with Gasteiger partial charge >= 0.3 is 0 Å². The van der Waals surface area contributed by atoms with Gasteiger partial charge in [-0.15, -0.1) is 0 Å². The van der Waals surface area contributed by atoms with Gasteiger partial charge in [-0.05, 0) is 18.2 Å². The Morgan fingerprint density at radius 2 is 2.06 bits per heavy atom. The number of imidazole rings is 1. The van der Waals surface area contributed by atoms with Crippen molar-refractivity contribution < 1.29 is 0 Å². The first-order chi connectivity index (χ1) is 8.17. The normalized spacial score (nSPS) is 9.59.